The van der Waals surface area contributed by atoms with Crippen LogP contribution in [0.2, 0.25) is 0 Å². The maximum atomic E-state index is 12.5. The Bertz CT molecular complexity index is 666. The highest BCUT2D eigenvalue weighted by Gasteiger charge is 2.28. The van der Waals surface area contributed by atoms with Crippen molar-refractivity contribution < 1.29 is 13.2 Å². The van der Waals surface area contributed by atoms with Crippen molar-refractivity contribution in [2.75, 3.05) is 26.2 Å². The highest BCUT2D eigenvalue weighted by Crippen LogP contribution is 2.27. The van der Waals surface area contributed by atoms with E-state index in [0.29, 0.717) is 32.5 Å². The number of hydrogen-bond acceptors (Lipinski definition) is 4. The second-order valence-corrected chi connectivity index (χ2v) is 9.03. The summed E-state index contributed by atoms with van der Waals surface area (Å²) in [5.41, 5.74) is 0.805. The molecule has 0 spiro atoms. The Balaban J connectivity index is 1.40. The average Bonchev–Trinajstić information content (AvgIpc) is 3.40. The van der Waals surface area contributed by atoms with Crippen LogP contribution in [-0.4, -0.2) is 50.9 Å². The number of nitrogens with zero attached hydrogens (tertiary/aromatic N) is 1. The van der Waals surface area contributed by atoms with Gasteiger partial charge in [0.25, 0.3) is 0 Å². The summed E-state index contributed by atoms with van der Waals surface area (Å²) in [6.45, 7) is 2.21. The first-order valence-corrected chi connectivity index (χ1v) is 10.7. The smallest absolute Gasteiger partial charge is 0.234 e. The first-order chi connectivity index (χ1) is 12.0. The summed E-state index contributed by atoms with van der Waals surface area (Å²) in [5.74, 6) is 0.799. The molecule has 7 heteroatoms. The zero-order valence-corrected chi connectivity index (χ0v) is 15.3. The van der Waals surface area contributed by atoms with E-state index in [4.69, 9.17) is 0 Å². The van der Waals surface area contributed by atoms with E-state index in [1.807, 2.05) is 30.3 Å². The first kappa shape index (κ1) is 18.4. The van der Waals surface area contributed by atoms with Crippen molar-refractivity contribution in [3.05, 3.63) is 35.9 Å². The number of piperidine rings is 1. The van der Waals surface area contributed by atoms with Gasteiger partial charge >= 0.3 is 0 Å². The van der Waals surface area contributed by atoms with Crippen LogP contribution >= 0.6 is 0 Å². The number of sulfonamides is 1. The molecule has 1 aliphatic carbocycles. The molecule has 6 nitrogen and oxygen atoms in total. The van der Waals surface area contributed by atoms with Crippen LogP contribution in [0.4, 0.5) is 0 Å². The Morgan fingerprint density at radius 1 is 1.08 bits per heavy atom. The maximum Gasteiger partial charge on any atom is 0.234 e. The molecule has 1 amide bonds. The summed E-state index contributed by atoms with van der Waals surface area (Å²) in [7, 11) is -3.30. The molecular weight excluding hydrogens is 338 g/mol. The van der Waals surface area contributed by atoms with Gasteiger partial charge in [0.2, 0.25) is 15.9 Å². The van der Waals surface area contributed by atoms with Crippen molar-refractivity contribution in [3.63, 3.8) is 0 Å². The SMILES string of the molecule is O=C(CNCC1CC1)NC1CCN(S(=O)(=O)Cc2ccccc2)CC1. The van der Waals surface area contributed by atoms with Gasteiger partial charge in [0.15, 0.2) is 0 Å². The fourth-order valence-corrected chi connectivity index (χ4v) is 4.71. The zero-order chi connectivity index (χ0) is 17.7. The lowest BCUT2D eigenvalue weighted by Crippen LogP contribution is -2.48. The van der Waals surface area contributed by atoms with Crippen molar-refractivity contribution in [1.29, 1.82) is 0 Å². The third-order valence-corrected chi connectivity index (χ3v) is 6.67. The minimum atomic E-state index is -3.30. The lowest BCUT2D eigenvalue weighted by Gasteiger charge is -2.31. The van der Waals surface area contributed by atoms with Crippen molar-refractivity contribution in [1.82, 2.24) is 14.9 Å². The number of benzene rings is 1. The van der Waals surface area contributed by atoms with Crippen LogP contribution in [0.15, 0.2) is 30.3 Å². The second-order valence-electron chi connectivity index (χ2n) is 7.06. The minimum absolute atomic E-state index is 0.00578. The molecule has 2 aliphatic rings. The van der Waals surface area contributed by atoms with E-state index in [0.717, 1.165) is 18.0 Å². The fraction of sp³-hybridized carbons (Fsp3) is 0.611. The number of hydrogen-bond donors (Lipinski definition) is 2. The molecule has 1 saturated heterocycles. The van der Waals surface area contributed by atoms with Gasteiger partial charge in [0.1, 0.15) is 0 Å². The molecule has 25 heavy (non-hydrogen) atoms. The molecule has 1 saturated carbocycles. The van der Waals surface area contributed by atoms with Crippen LogP contribution in [0, 0.1) is 5.92 Å². The minimum Gasteiger partial charge on any atom is -0.352 e. The highest BCUT2D eigenvalue weighted by atomic mass is 32.2. The third kappa shape index (κ3) is 5.80. The van der Waals surface area contributed by atoms with Gasteiger partial charge in [-0.1, -0.05) is 30.3 Å². The van der Waals surface area contributed by atoms with Crippen LogP contribution in [0.5, 0.6) is 0 Å². The summed E-state index contributed by atoms with van der Waals surface area (Å²) in [6.07, 6.45) is 3.87. The zero-order valence-electron chi connectivity index (χ0n) is 14.5. The third-order valence-electron chi connectivity index (χ3n) is 4.82. The standard InChI is InChI=1S/C18H27N3O3S/c22-18(13-19-12-15-6-7-15)20-17-8-10-21(11-9-17)25(23,24)14-16-4-2-1-3-5-16/h1-5,15,17,19H,6-14H2,(H,20,22). The van der Waals surface area contributed by atoms with E-state index >= 15 is 0 Å². The average molecular weight is 365 g/mol. The summed E-state index contributed by atoms with van der Waals surface area (Å²) >= 11 is 0. The number of rotatable bonds is 8. The van der Waals surface area contributed by atoms with E-state index in [1.54, 1.807) is 4.31 Å². The maximum absolute atomic E-state index is 12.5. The quantitative estimate of drug-likeness (QED) is 0.723. The molecule has 1 aromatic carbocycles. The fourth-order valence-electron chi connectivity index (χ4n) is 3.14. The van der Waals surface area contributed by atoms with Gasteiger partial charge in [-0.2, -0.15) is 0 Å². The van der Waals surface area contributed by atoms with Crippen LogP contribution in [0.25, 0.3) is 0 Å². The van der Waals surface area contributed by atoms with Crippen molar-refractivity contribution in [2.45, 2.75) is 37.5 Å². The van der Waals surface area contributed by atoms with Gasteiger partial charge in [-0.05, 0) is 43.7 Å². The van der Waals surface area contributed by atoms with Gasteiger partial charge in [-0.3, -0.25) is 4.79 Å². The number of carbonyl (C=O) groups is 1. The van der Waals surface area contributed by atoms with E-state index < -0.39 is 10.0 Å². The highest BCUT2D eigenvalue weighted by molar-refractivity contribution is 7.88. The molecule has 0 atom stereocenters. The Hall–Kier alpha value is -1.44. The lowest BCUT2D eigenvalue weighted by atomic mass is 10.1. The monoisotopic (exact) mass is 365 g/mol. The van der Waals surface area contributed by atoms with Crippen LogP contribution in [0.1, 0.15) is 31.2 Å². The van der Waals surface area contributed by atoms with Gasteiger partial charge in [-0.25, -0.2) is 12.7 Å². The van der Waals surface area contributed by atoms with Crippen molar-refractivity contribution in [2.24, 2.45) is 5.92 Å². The Morgan fingerprint density at radius 3 is 2.40 bits per heavy atom. The Kier molecular flexibility index (Phi) is 6.09. The van der Waals surface area contributed by atoms with Crippen molar-refractivity contribution in [3.8, 4) is 0 Å². The molecule has 0 radical (unpaired) electrons. The lowest BCUT2D eigenvalue weighted by molar-refractivity contribution is -0.121. The van der Waals surface area contributed by atoms with Gasteiger partial charge in [0.05, 0.1) is 12.3 Å². The van der Waals surface area contributed by atoms with E-state index in [9.17, 15) is 13.2 Å². The van der Waals surface area contributed by atoms with Gasteiger partial charge in [-0.15, -0.1) is 0 Å². The molecular formula is C18H27N3O3S. The molecule has 0 unspecified atom stereocenters. The number of nitrogens with one attached hydrogen (secondary N) is 2. The molecule has 1 aliphatic heterocycles. The van der Waals surface area contributed by atoms with E-state index in [-0.39, 0.29) is 17.7 Å². The normalized spacial score (nSPS) is 19.7. The summed E-state index contributed by atoms with van der Waals surface area (Å²) in [4.78, 5) is 11.9. The molecule has 1 heterocycles. The van der Waals surface area contributed by atoms with Crippen LogP contribution in [0.3, 0.4) is 0 Å². The predicted molar refractivity (Wildman–Crippen MR) is 97.4 cm³/mol. The molecule has 2 N–H and O–H groups in total. The largest absolute Gasteiger partial charge is 0.352 e. The Morgan fingerprint density at radius 2 is 1.76 bits per heavy atom. The summed E-state index contributed by atoms with van der Waals surface area (Å²) in [6, 6.07) is 9.31. The van der Waals surface area contributed by atoms with E-state index in [1.165, 1.54) is 12.8 Å². The molecule has 0 aromatic heterocycles. The number of carbonyl (C=O) groups excluding carboxylic acids is 1. The van der Waals surface area contributed by atoms with Crippen LogP contribution < -0.4 is 10.6 Å². The molecule has 0 bridgehead atoms. The predicted octanol–water partition coefficient (Wildman–Crippen LogP) is 1.10. The molecule has 138 valence electrons. The molecule has 3 rings (SSSR count). The summed E-state index contributed by atoms with van der Waals surface area (Å²) < 4.78 is 26.6. The van der Waals surface area contributed by atoms with Gasteiger partial charge < -0.3 is 10.6 Å². The van der Waals surface area contributed by atoms with Gasteiger partial charge in [0, 0.05) is 19.1 Å². The van der Waals surface area contributed by atoms with Crippen molar-refractivity contribution >= 4 is 15.9 Å². The first-order valence-electron chi connectivity index (χ1n) is 9.05. The number of amides is 1. The van der Waals surface area contributed by atoms with Crippen LogP contribution in [-0.2, 0) is 20.6 Å². The Labute approximate surface area is 150 Å². The topological polar surface area (TPSA) is 78.5 Å². The van der Waals surface area contributed by atoms with E-state index in [2.05, 4.69) is 10.6 Å². The molecule has 2 fully saturated rings. The summed E-state index contributed by atoms with van der Waals surface area (Å²) in [5, 5.41) is 6.19. The second kappa shape index (κ2) is 8.29. The molecule has 1 aromatic rings.